The molecule has 0 spiro atoms. The lowest BCUT2D eigenvalue weighted by atomic mass is 9.94. The van der Waals surface area contributed by atoms with Crippen molar-refractivity contribution in [3.05, 3.63) is 35.8 Å². The number of hydrogen-bond acceptors (Lipinski definition) is 3. The quantitative estimate of drug-likeness (QED) is 0.927. The highest BCUT2D eigenvalue weighted by Crippen LogP contribution is 2.21. The van der Waals surface area contributed by atoms with Crippen LogP contribution in [0.5, 0.6) is 0 Å². The molecule has 3 rings (SSSR count). The first kappa shape index (κ1) is 13.6. The highest BCUT2D eigenvalue weighted by molar-refractivity contribution is 5.48. The van der Waals surface area contributed by atoms with E-state index in [1.54, 1.807) is 0 Å². The minimum Gasteiger partial charge on any atom is -0.326 e. The predicted octanol–water partition coefficient (Wildman–Crippen LogP) is 2.07. The van der Waals surface area contributed by atoms with E-state index in [0.717, 1.165) is 23.5 Å². The monoisotopic (exact) mass is 272 g/mol. The Morgan fingerprint density at radius 3 is 3.15 bits per heavy atom. The van der Waals surface area contributed by atoms with Gasteiger partial charge in [-0.1, -0.05) is 13.0 Å². The molecule has 1 saturated heterocycles. The van der Waals surface area contributed by atoms with Gasteiger partial charge in [0.15, 0.2) is 0 Å². The molecule has 0 bridgehead atoms. The molecule has 1 atom stereocenters. The molecule has 1 aliphatic heterocycles. The molecule has 1 aliphatic rings. The molecule has 4 nitrogen and oxygen atoms in total. The Morgan fingerprint density at radius 2 is 2.35 bits per heavy atom. The summed E-state index contributed by atoms with van der Waals surface area (Å²) >= 11 is 0. The van der Waals surface area contributed by atoms with E-state index < -0.39 is 0 Å². The van der Waals surface area contributed by atoms with Crippen LogP contribution in [-0.4, -0.2) is 33.9 Å². The largest absolute Gasteiger partial charge is 0.326 e. The molecule has 0 radical (unpaired) electrons. The zero-order valence-electron chi connectivity index (χ0n) is 12.3. The lowest BCUT2D eigenvalue weighted by Crippen LogP contribution is -2.35. The van der Waals surface area contributed by atoms with Gasteiger partial charge in [-0.2, -0.15) is 0 Å². The maximum absolute atomic E-state index is 5.79. The van der Waals surface area contributed by atoms with E-state index in [9.17, 15) is 0 Å². The first-order valence-electron chi connectivity index (χ1n) is 7.68. The zero-order chi connectivity index (χ0) is 13.9. The molecular weight excluding hydrogens is 248 g/mol. The van der Waals surface area contributed by atoms with E-state index in [2.05, 4.69) is 34.7 Å². The summed E-state index contributed by atoms with van der Waals surface area (Å²) in [6.07, 6.45) is 7.96. The second kappa shape index (κ2) is 5.94. The predicted molar refractivity (Wildman–Crippen MR) is 81.6 cm³/mol. The third kappa shape index (κ3) is 2.72. The zero-order valence-corrected chi connectivity index (χ0v) is 12.3. The van der Waals surface area contributed by atoms with Crippen molar-refractivity contribution in [2.24, 2.45) is 11.7 Å². The Balaban J connectivity index is 1.77. The Morgan fingerprint density at radius 1 is 1.45 bits per heavy atom. The summed E-state index contributed by atoms with van der Waals surface area (Å²) < 4.78 is 2.11. The van der Waals surface area contributed by atoms with Crippen LogP contribution in [0.4, 0.5) is 0 Å². The van der Waals surface area contributed by atoms with Crippen LogP contribution < -0.4 is 5.73 Å². The van der Waals surface area contributed by atoms with Gasteiger partial charge >= 0.3 is 0 Å². The minimum absolute atomic E-state index is 0.549. The van der Waals surface area contributed by atoms with Crippen molar-refractivity contribution in [2.45, 2.75) is 32.7 Å². The van der Waals surface area contributed by atoms with Gasteiger partial charge in [-0.05, 0) is 44.3 Å². The number of nitrogens with zero attached hydrogens (tertiary/aromatic N) is 3. The van der Waals surface area contributed by atoms with Gasteiger partial charge in [0.05, 0.1) is 5.69 Å². The second-order valence-electron chi connectivity index (χ2n) is 5.81. The minimum atomic E-state index is 0.549. The molecule has 0 saturated carbocycles. The number of pyridine rings is 1. The average Bonchev–Trinajstić information content (AvgIpc) is 2.89. The lowest BCUT2D eigenvalue weighted by Gasteiger charge is -2.31. The molecule has 1 fully saturated rings. The third-order valence-corrected chi connectivity index (χ3v) is 4.38. The fraction of sp³-hybridized carbons (Fsp3) is 0.562. The van der Waals surface area contributed by atoms with Crippen LogP contribution in [0.3, 0.4) is 0 Å². The Hall–Kier alpha value is -1.39. The van der Waals surface area contributed by atoms with Crippen molar-refractivity contribution in [3.63, 3.8) is 0 Å². The smallest absolute Gasteiger partial charge is 0.141 e. The molecule has 2 aromatic heterocycles. The van der Waals surface area contributed by atoms with Crippen molar-refractivity contribution in [2.75, 3.05) is 19.6 Å². The number of aromatic nitrogens is 2. The molecule has 2 aromatic rings. The Kier molecular flexibility index (Phi) is 4.03. The van der Waals surface area contributed by atoms with Crippen LogP contribution in [0.15, 0.2) is 24.5 Å². The Labute approximate surface area is 120 Å². The molecule has 2 N–H and O–H groups in total. The average molecular weight is 272 g/mol. The maximum Gasteiger partial charge on any atom is 0.141 e. The van der Waals surface area contributed by atoms with Crippen LogP contribution in [0.2, 0.25) is 0 Å². The summed E-state index contributed by atoms with van der Waals surface area (Å²) in [7, 11) is 0. The van der Waals surface area contributed by atoms with Crippen LogP contribution in [0, 0.1) is 5.92 Å². The second-order valence-corrected chi connectivity index (χ2v) is 5.81. The summed E-state index contributed by atoms with van der Waals surface area (Å²) in [6, 6.07) is 4.10. The fourth-order valence-corrected chi connectivity index (χ4v) is 3.28. The summed E-state index contributed by atoms with van der Waals surface area (Å²) in [6.45, 7) is 6.44. The first-order valence-corrected chi connectivity index (χ1v) is 7.68. The molecule has 108 valence electrons. The van der Waals surface area contributed by atoms with E-state index in [0.29, 0.717) is 6.54 Å². The fourth-order valence-electron chi connectivity index (χ4n) is 3.28. The molecule has 0 amide bonds. The number of likely N-dealkylation sites (tertiary alicyclic amines) is 1. The topological polar surface area (TPSA) is 46.6 Å². The maximum atomic E-state index is 5.79. The number of imidazole rings is 1. The summed E-state index contributed by atoms with van der Waals surface area (Å²) in [5.41, 5.74) is 9.13. The van der Waals surface area contributed by atoms with Crippen LogP contribution in [0.1, 0.15) is 31.0 Å². The van der Waals surface area contributed by atoms with Gasteiger partial charge in [-0.25, -0.2) is 4.98 Å². The summed E-state index contributed by atoms with van der Waals surface area (Å²) in [4.78, 5) is 7.34. The van der Waals surface area contributed by atoms with E-state index in [-0.39, 0.29) is 0 Å². The van der Waals surface area contributed by atoms with Gasteiger partial charge in [-0.3, -0.25) is 0 Å². The number of piperidine rings is 1. The van der Waals surface area contributed by atoms with Crippen molar-refractivity contribution < 1.29 is 0 Å². The Bertz CT molecular complexity index is 575. The molecule has 3 heterocycles. The van der Waals surface area contributed by atoms with Crippen molar-refractivity contribution in [3.8, 4) is 0 Å². The van der Waals surface area contributed by atoms with E-state index in [1.165, 1.54) is 38.2 Å². The molecule has 20 heavy (non-hydrogen) atoms. The molecule has 4 heteroatoms. The van der Waals surface area contributed by atoms with Crippen molar-refractivity contribution in [1.29, 1.82) is 0 Å². The van der Waals surface area contributed by atoms with Crippen molar-refractivity contribution >= 4 is 5.65 Å². The number of fused-ring (bicyclic) bond motifs is 1. The van der Waals surface area contributed by atoms with Gasteiger partial charge in [-0.15, -0.1) is 0 Å². The van der Waals surface area contributed by atoms with Gasteiger partial charge < -0.3 is 15.0 Å². The normalized spacial score (nSPS) is 20.6. The molecular formula is C16H24N4. The van der Waals surface area contributed by atoms with Crippen LogP contribution >= 0.6 is 0 Å². The molecule has 0 aromatic carbocycles. The van der Waals surface area contributed by atoms with Crippen molar-refractivity contribution in [1.82, 2.24) is 14.3 Å². The van der Waals surface area contributed by atoms with E-state index >= 15 is 0 Å². The van der Waals surface area contributed by atoms with E-state index in [4.69, 9.17) is 10.7 Å². The third-order valence-electron chi connectivity index (χ3n) is 4.38. The van der Waals surface area contributed by atoms with Crippen LogP contribution in [0.25, 0.3) is 5.65 Å². The van der Waals surface area contributed by atoms with Gasteiger partial charge in [0.1, 0.15) is 5.65 Å². The SMILES string of the molecule is CCN1CCCC(Cc2cn3cccc(CN)c3n2)C1. The van der Waals surface area contributed by atoms with Gasteiger partial charge in [0.25, 0.3) is 0 Å². The number of hydrogen-bond donors (Lipinski definition) is 1. The number of rotatable bonds is 4. The summed E-state index contributed by atoms with van der Waals surface area (Å²) in [5.74, 6) is 0.745. The lowest BCUT2D eigenvalue weighted by molar-refractivity contribution is 0.181. The highest BCUT2D eigenvalue weighted by atomic mass is 15.1. The first-order chi connectivity index (χ1) is 9.80. The molecule has 1 unspecified atom stereocenters. The van der Waals surface area contributed by atoms with Crippen LogP contribution in [-0.2, 0) is 13.0 Å². The summed E-state index contributed by atoms with van der Waals surface area (Å²) in [5, 5.41) is 0. The highest BCUT2D eigenvalue weighted by Gasteiger charge is 2.20. The van der Waals surface area contributed by atoms with Gasteiger partial charge in [0.2, 0.25) is 0 Å². The van der Waals surface area contributed by atoms with Gasteiger partial charge in [0, 0.05) is 31.0 Å². The number of nitrogens with two attached hydrogens (primary N) is 1. The molecule has 0 aliphatic carbocycles. The standard InChI is InChI=1S/C16H24N4/c1-2-19-7-3-5-13(11-19)9-15-12-20-8-4-6-14(10-17)16(20)18-15/h4,6,8,12-13H,2-3,5,7,9-11,17H2,1H3. The van der Waals surface area contributed by atoms with E-state index in [1.807, 2.05) is 6.07 Å².